The minimum atomic E-state index is 0.0759. The van der Waals surface area contributed by atoms with Crippen molar-refractivity contribution in [1.82, 2.24) is 10.2 Å². The van der Waals surface area contributed by atoms with E-state index in [-0.39, 0.29) is 17.4 Å². The van der Waals surface area contributed by atoms with Crippen LogP contribution in [0.4, 0.5) is 0 Å². The number of nitrogens with one attached hydrogen (secondary N) is 1. The van der Waals surface area contributed by atoms with Crippen LogP contribution in [0.5, 0.6) is 0 Å². The zero-order valence-electron chi connectivity index (χ0n) is 14.1. The molecule has 2 bridgehead atoms. The van der Waals surface area contributed by atoms with Crippen LogP contribution in [0.3, 0.4) is 0 Å². The summed E-state index contributed by atoms with van der Waals surface area (Å²) in [5.41, 5.74) is 1.49. The summed E-state index contributed by atoms with van der Waals surface area (Å²) in [6, 6.07) is 2.23. The number of likely N-dealkylation sites (tertiary alicyclic amines) is 1. The first-order valence-corrected chi connectivity index (χ1v) is 10.4. The Morgan fingerprint density at radius 2 is 2.33 bits per heavy atom. The summed E-state index contributed by atoms with van der Waals surface area (Å²) in [7, 11) is 0. The molecule has 1 aromatic rings. The normalized spacial score (nSPS) is 38.2. The van der Waals surface area contributed by atoms with Gasteiger partial charge >= 0.3 is 0 Å². The second-order valence-electron chi connectivity index (χ2n) is 8.20. The molecule has 4 nitrogen and oxygen atoms in total. The fraction of sp³-hybridized carbons (Fsp3) is 0.737. The van der Waals surface area contributed by atoms with Crippen LogP contribution in [0.25, 0.3) is 0 Å². The Hall–Kier alpha value is -0.910. The van der Waals surface area contributed by atoms with E-state index >= 15 is 0 Å². The Morgan fingerprint density at radius 1 is 1.42 bits per heavy atom. The lowest BCUT2D eigenvalue weighted by Gasteiger charge is -2.31. The maximum absolute atomic E-state index is 12.2. The molecule has 130 valence electrons. The van der Waals surface area contributed by atoms with Gasteiger partial charge in [0.2, 0.25) is 5.91 Å². The Labute approximate surface area is 147 Å². The van der Waals surface area contributed by atoms with Crippen LogP contribution in [0.2, 0.25) is 0 Å². The van der Waals surface area contributed by atoms with Gasteiger partial charge < -0.3 is 10.1 Å². The number of thiophene rings is 1. The highest BCUT2D eigenvalue weighted by molar-refractivity contribution is 7.07. The van der Waals surface area contributed by atoms with E-state index in [0.29, 0.717) is 17.9 Å². The molecule has 4 fully saturated rings. The van der Waals surface area contributed by atoms with Gasteiger partial charge in [-0.3, -0.25) is 9.69 Å². The van der Waals surface area contributed by atoms with E-state index in [2.05, 4.69) is 27.0 Å². The van der Waals surface area contributed by atoms with Crippen molar-refractivity contribution in [3.8, 4) is 0 Å². The van der Waals surface area contributed by atoms with Gasteiger partial charge in [0, 0.05) is 43.9 Å². The molecule has 1 aliphatic carbocycles. The molecule has 24 heavy (non-hydrogen) atoms. The highest BCUT2D eigenvalue weighted by Gasteiger charge is 2.62. The van der Waals surface area contributed by atoms with Crippen LogP contribution in [0.1, 0.15) is 37.7 Å². The van der Waals surface area contributed by atoms with Gasteiger partial charge in [0.15, 0.2) is 0 Å². The van der Waals surface area contributed by atoms with Crippen LogP contribution in [-0.2, 0) is 16.1 Å². The van der Waals surface area contributed by atoms with Crippen molar-refractivity contribution in [3.63, 3.8) is 0 Å². The van der Waals surface area contributed by atoms with Crippen molar-refractivity contribution >= 4 is 17.2 Å². The lowest BCUT2D eigenvalue weighted by Crippen LogP contribution is -2.44. The average molecular weight is 346 g/mol. The maximum atomic E-state index is 12.2. The highest BCUT2D eigenvalue weighted by atomic mass is 32.1. The molecule has 5 heteroatoms. The Balaban J connectivity index is 1.24. The third kappa shape index (κ3) is 2.44. The molecule has 3 saturated heterocycles. The van der Waals surface area contributed by atoms with Gasteiger partial charge in [-0.25, -0.2) is 0 Å². The average Bonchev–Trinajstić information content (AvgIpc) is 3.23. The van der Waals surface area contributed by atoms with E-state index in [4.69, 9.17) is 4.74 Å². The smallest absolute Gasteiger partial charge is 0.223 e. The summed E-state index contributed by atoms with van der Waals surface area (Å²) in [4.78, 5) is 14.8. The van der Waals surface area contributed by atoms with E-state index in [9.17, 15) is 4.79 Å². The molecular weight excluding hydrogens is 320 g/mol. The molecule has 1 amide bonds. The van der Waals surface area contributed by atoms with E-state index in [1.54, 1.807) is 11.3 Å². The number of amides is 1. The fourth-order valence-electron chi connectivity index (χ4n) is 5.35. The number of hydrogen-bond donors (Lipinski definition) is 1. The lowest BCUT2D eigenvalue weighted by atomic mass is 9.73. The number of fused-ring (bicyclic) bond motifs is 1. The van der Waals surface area contributed by atoms with Gasteiger partial charge in [0.05, 0.1) is 11.7 Å². The molecular formula is C19H26N2O2S. The summed E-state index contributed by atoms with van der Waals surface area (Å²) in [6.45, 7) is 4.04. The second-order valence-corrected chi connectivity index (χ2v) is 8.98. The summed E-state index contributed by atoms with van der Waals surface area (Å²) in [5, 5.41) is 7.65. The van der Waals surface area contributed by atoms with Crippen molar-refractivity contribution < 1.29 is 9.53 Å². The van der Waals surface area contributed by atoms with E-state index in [1.807, 2.05) is 0 Å². The number of carbonyl (C=O) groups is 1. The van der Waals surface area contributed by atoms with E-state index in [1.165, 1.54) is 24.8 Å². The van der Waals surface area contributed by atoms with Crippen molar-refractivity contribution in [2.75, 3.05) is 19.6 Å². The molecule has 1 N–H and O–H groups in total. The van der Waals surface area contributed by atoms with Crippen molar-refractivity contribution in [2.45, 2.75) is 50.4 Å². The van der Waals surface area contributed by atoms with Gasteiger partial charge in [0.25, 0.3) is 0 Å². The van der Waals surface area contributed by atoms with Gasteiger partial charge in [-0.2, -0.15) is 11.3 Å². The zero-order chi connectivity index (χ0) is 16.1. The zero-order valence-corrected chi connectivity index (χ0v) is 14.9. The molecule has 0 aromatic carbocycles. The standard InChI is InChI=1S/C19H26N2O2S/c22-18(14-2-1-3-14)20-8-15-16-10-21(9-13-5-7-24-11-13)12-19(16)6-4-17(15)23-19/h5,7,11,14-17H,1-4,6,8-10,12H2,(H,20,22)/t15-,16+,17+,19+/m0/s1. The summed E-state index contributed by atoms with van der Waals surface area (Å²) in [5.74, 6) is 1.68. The number of carbonyl (C=O) groups excluding carboxylic acids is 1. The molecule has 1 aromatic heterocycles. The van der Waals surface area contributed by atoms with Crippen LogP contribution in [0.15, 0.2) is 16.8 Å². The molecule has 1 spiro atoms. The van der Waals surface area contributed by atoms with Crippen LogP contribution in [-0.4, -0.2) is 42.1 Å². The summed E-state index contributed by atoms with van der Waals surface area (Å²) < 4.78 is 6.49. The molecule has 4 atom stereocenters. The Bertz CT molecular complexity index is 615. The molecule has 1 saturated carbocycles. The molecule has 4 aliphatic rings. The first-order chi connectivity index (χ1) is 11.7. The predicted molar refractivity (Wildman–Crippen MR) is 93.8 cm³/mol. The number of rotatable bonds is 5. The number of ether oxygens (including phenoxy) is 1. The number of hydrogen-bond acceptors (Lipinski definition) is 4. The SMILES string of the molecule is O=C(NC[C@H]1[C@H]2CN(Cc3ccsc3)C[C@]23CC[C@H]1O3)C1CCC1. The van der Waals surface area contributed by atoms with Gasteiger partial charge in [-0.1, -0.05) is 6.42 Å². The van der Waals surface area contributed by atoms with Gasteiger partial charge in [-0.05, 0) is 48.1 Å². The number of nitrogens with zero attached hydrogens (tertiary/aromatic N) is 1. The van der Waals surface area contributed by atoms with Crippen molar-refractivity contribution in [3.05, 3.63) is 22.4 Å². The highest BCUT2D eigenvalue weighted by Crippen LogP contribution is 2.54. The largest absolute Gasteiger partial charge is 0.370 e. The third-order valence-corrected chi connectivity index (χ3v) is 7.56. The molecule has 3 aliphatic heterocycles. The maximum Gasteiger partial charge on any atom is 0.223 e. The van der Waals surface area contributed by atoms with Gasteiger partial charge in [0.1, 0.15) is 0 Å². The van der Waals surface area contributed by atoms with Crippen LogP contribution in [0, 0.1) is 17.8 Å². The summed E-state index contributed by atoms with van der Waals surface area (Å²) in [6.07, 6.45) is 6.13. The first kappa shape index (κ1) is 15.4. The molecule has 0 radical (unpaired) electrons. The Kier molecular flexibility index (Phi) is 3.72. The first-order valence-electron chi connectivity index (χ1n) is 9.42. The quantitative estimate of drug-likeness (QED) is 0.891. The predicted octanol–water partition coefficient (Wildman–Crippen LogP) is 2.64. The lowest BCUT2D eigenvalue weighted by molar-refractivity contribution is -0.127. The van der Waals surface area contributed by atoms with Gasteiger partial charge in [-0.15, -0.1) is 0 Å². The monoisotopic (exact) mass is 346 g/mol. The van der Waals surface area contributed by atoms with E-state index < -0.39 is 0 Å². The summed E-state index contributed by atoms with van der Waals surface area (Å²) >= 11 is 1.77. The second kappa shape index (κ2) is 5.82. The topological polar surface area (TPSA) is 41.6 Å². The molecule has 0 unspecified atom stereocenters. The van der Waals surface area contributed by atoms with Crippen molar-refractivity contribution in [2.24, 2.45) is 17.8 Å². The third-order valence-electron chi connectivity index (χ3n) is 6.83. The Morgan fingerprint density at radius 3 is 3.08 bits per heavy atom. The fourth-order valence-corrected chi connectivity index (χ4v) is 6.01. The van der Waals surface area contributed by atoms with Crippen molar-refractivity contribution in [1.29, 1.82) is 0 Å². The van der Waals surface area contributed by atoms with Crippen LogP contribution < -0.4 is 5.32 Å². The van der Waals surface area contributed by atoms with E-state index in [0.717, 1.165) is 39.0 Å². The molecule has 5 rings (SSSR count). The van der Waals surface area contributed by atoms with Crippen LogP contribution >= 0.6 is 11.3 Å². The minimum Gasteiger partial charge on any atom is -0.370 e. The molecule has 4 heterocycles. The minimum absolute atomic E-state index is 0.0759.